The summed E-state index contributed by atoms with van der Waals surface area (Å²) in [5.74, 6) is -0.464. The summed E-state index contributed by atoms with van der Waals surface area (Å²) in [5.41, 5.74) is 0. The number of aliphatic hydroxyl groups excluding tert-OH is 3. The Hall–Kier alpha value is -1.17. The Morgan fingerprint density at radius 3 is 0.857 bits per heavy atom. The Morgan fingerprint density at radius 2 is 0.586 bits per heavy atom. The number of nitrogens with one attached hydrogen (secondary N) is 1. The summed E-state index contributed by atoms with van der Waals surface area (Å²) in [6.45, 7) is 4.28. The largest absolute Gasteiger partial charge is 0.394 e. The number of allylic oxidation sites excluding steroid dienone is 4. The molecule has 0 aliphatic carbocycles. The number of hydrogen-bond donors (Lipinski definition) is 4. The van der Waals surface area contributed by atoms with Crippen LogP contribution in [0.25, 0.3) is 0 Å². The fraction of sp³-hybridized carbons (Fsp3) is 0.923. The van der Waals surface area contributed by atoms with Gasteiger partial charge in [-0.05, 0) is 44.9 Å². The third kappa shape index (κ3) is 54.6. The van der Waals surface area contributed by atoms with Crippen molar-refractivity contribution in [3.05, 3.63) is 24.3 Å². The summed E-state index contributed by atoms with van der Waals surface area (Å²) < 4.78 is 0. The zero-order chi connectivity index (χ0) is 50.7. The van der Waals surface area contributed by atoms with Crippen molar-refractivity contribution < 1.29 is 20.1 Å². The minimum Gasteiger partial charge on any atom is -0.394 e. The molecule has 0 aliphatic heterocycles. The van der Waals surface area contributed by atoms with Crippen LogP contribution in [0.3, 0.4) is 0 Å². The highest BCUT2D eigenvalue weighted by Gasteiger charge is 2.23. The fourth-order valence-electron chi connectivity index (χ4n) is 10.3. The molecule has 0 rings (SSSR count). The minimum atomic E-state index is -1.07. The predicted octanol–water partition coefficient (Wildman–Crippen LogP) is 20.4. The summed E-state index contributed by atoms with van der Waals surface area (Å²) >= 11 is 0. The van der Waals surface area contributed by atoms with Crippen molar-refractivity contribution in [3.8, 4) is 0 Å². The van der Waals surface area contributed by atoms with E-state index in [1.165, 1.54) is 295 Å². The summed E-state index contributed by atoms with van der Waals surface area (Å²) in [6.07, 6.45) is 78.3. The molecule has 416 valence electrons. The molecule has 0 aromatic carbocycles. The van der Waals surface area contributed by atoms with E-state index in [1.54, 1.807) is 0 Å². The molecule has 0 radical (unpaired) electrons. The van der Waals surface area contributed by atoms with Gasteiger partial charge in [0, 0.05) is 0 Å². The summed E-state index contributed by atoms with van der Waals surface area (Å²) in [6, 6.07) is -0.712. The molecule has 0 aliphatic rings. The van der Waals surface area contributed by atoms with Crippen LogP contribution in [0.15, 0.2) is 24.3 Å². The van der Waals surface area contributed by atoms with Crippen LogP contribution in [0.2, 0.25) is 0 Å². The van der Waals surface area contributed by atoms with E-state index in [1.807, 2.05) is 0 Å². The molecular formula is C65H127NO4. The molecule has 3 atom stereocenters. The first kappa shape index (κ1) is 68.8. The molecule has 0 saturated carbocycles. The minimum absolute atomic E-state index is 0.310. The van der Waals surface area contributed by atoms with Crippen LogP contribution in [0.4, 0.5) is 0 Å². The summed E-state index contributed by atoms with van der Waals surface area (Å²) in [7, 11) is 0. The number of rotatable bonds is 60. The number of carbonyl (C=O) groups excluding carboxylic acids is 1. The zero-order valence-corrected chi connectivity index (χ0v) is 47.7. The average Bonchev–Trinajstić information content (AvgIpc) is 3.36. The van der Waals surface area contributed by atoms with E-state index in [4.69, 9.17) is 0 Å². The van der Waals surface area contributed by atoms with Gasteiger partial charge in [0.15, 0.2) is 0 Å². The molecule has 3 unspecified atom stereocenters. The van der Waals surface area contributed by atoms with E-state index >= 15 is 0 Å². The number of carbonyl (C=O) groups is 1. The maximum atomic E-state index is 12.6. The second-order valence-electron chi connectivity index (χ2n) is 22.3. The predicted molar refractivity (Wildman–Crippen MR) is 310 cm³/mol. The van der Waals surface area contributed by atoms with Gasteiger partial charge in [0.25, 0.3) is 0 Å². The number of aliphatic hydroxyl groups is 3. The molecule has 0 aromatic heterocycles. The van der Waals surface area contributed by atoms with Crippen molar-refractivity contribution in [2.75, 3.05) is 6.61 Å². The van der Waals surface area contributed by atoms with Crippen LogP contribution >= 0.6 is 0 Å². The summed E-state index contributed by atoms with van der Waals surface area (Å²) in [4.78, 5) is 12.6. The van der Waals surface area contributed by atoms with Crippen LogP contribution < -0.4 is 5.32 Å². The van der Waals surface area contributed by atoms with E-state index in [9.17, 15) is 20.1 Å². The van der Waals surface area contributed by atoms with Crippen molar-refractivity contribution in [3.63, 3.8) is 0 Å². The van der Waals surface area contributed by atoms with E-state index in [0.29, 0.717) is 12.8 Å². The van der Waals surface area contributed by atoms with Gasteiger partial charge in [0.2, 0.25) is 5.91 Å². The second kappa shape index (κ2) is 60.4. The van der Waals surface area contributed by atoms with Gasteiger partial charge in [-0.25, -0.2) is 0 Å². The Labute approximate surface area is 439 Å². The standard InChI is InChI=1S/C65H127NO4/c1-3-5-7-9-11-13-15-17-19-21-23-25-27-29-30-31-32-33-34-35-36-38-40-42-44-46-48-50-52-54-56-58-60-64(69)65(70)66-62(61-67)63(68)59-57-55-53-51-49-47-45-43-41-39-37-28-26-24-22-20-18-16-14-12-10-8-6-4-2/h23,25,29-30,62-64,67-69H,3-22,24,26-28,31-61H2,1-2H3,(H,66,70)/b25-23-,30-29-. The van der Waals surface area contributed by atoms with E-state index in [2.05, 4.69) is 43.5 Å². The van der Waals surface area contributed by atoms with E-state index < -0.39 is 24.2 Å². The molecule has 4 N–H and O–H groups in total. The van der Waals surface area contributed by atoms with Crippen molar-refractivity contribution in [1.82, 2.24) is 5.32 Å². The molecule has 0 heterocycles. The summed E-state index contributed by atoms with van der Waals surface area (Å²) in [5, 5.41) is 33.7. The first-order chi connectivity index (χ1) is 34.6. The van der Waals surface area contributed by atoms with Gasteiger partial charge in [-0.15, -0.1) is 0 Å². The third-order valence-corrected chi connectivity index (χ3v) is 15.3. The Morgan fingerprint density at radius 1 is 0.343 bits per heavy atom. The molecule has 0 spiro atoms. The topological polar surface area (TPSA) is 89.8 Å². The van der Waals surface area contributed by atoms with Crippen LogP contribution in [0.5, 0.6) is 0 Å². The van der Waals surface area contributed by atoms with Crippen molar-refractivity contribution in [1.29, 1.82) is 0 Å². The lowest BCUT2D eigenvalue weighted by Crippen LogP contribution is -2.49. The molecular weight excluding hydrogens is 859 g/mol. The van der Waals surface area contributed by atoms with Gasteiger partial charge in [-0.2, -0.15) is 0 Å². The lowest BCUT2D eigenvalue weighted by Gasteiger charge is -2.23. The van der Waals surface area contributed by atoms with Crippen molar-refractivity contribution >= 4 is 5.91 Å². The van der Waals surface area contributed by atoms with Crippen molar-refractivity contribution in [2.45, 2.75) is 379 Å². The van der Waals surface area contributed by atoms with Gasteiger partial charge in [0.05, 0.1) is 18.8 Å². The smallest absolute Gasteiger partial charge is 0.249 e. The maximum Gasteiger partial charge on any atom is 0.249 e. The normalized spacial score (nSPS) is 13.3. The third-order valence-electron chi connectivity index (χ3n) is 15.3. The zero-order valence-electron chi connectivity index (χ0n) is 47.7. The number of amides is 1. The Balaban J connectivity index is 3.48. The number of unbranched alkanes of at least 4 members (excludes halogenated alkanes) is 48. The first-order valence-corrected chi connectivity index (χ1v) is 32.1. The molecule has 1 amide bonds. The van der Waals surface area contributed by atoms with Gasteiger partial charge >= 0.3 is 0 Å². The molecule has 0 aromatic rings. The fourth-order valence-corrected chi connectivity index (χ4v) is 10.3. The molecule has 70 heavy (non-hydrogen) atoms. The molecule has 5 nitrogen and oxygen atoms in total. The monoisotopic (exact) mass is 986 g/mol. The molecule has 0 fully saturated rings. The van der Waals surface area contributed by atoms with Gasteiger partial charge in [-0.1, -0.05) is 340 Å². The van der Waals surface area contributed by atoms with Crippen LogP contribution in [0, 0.1) is 0 Å². The average molecular weight is 987 g/mol. The van der Waals surface area contributed by atoms with Crippen LogP contribution in [-0.4, -0.2) is 46.1 Å². The SMILES string of the molecule is CCCCCCCCCCC/C=C\C/C=C\CCCCCCCCCCCCCCCCCCC(O)C(=O)NC(CO)C(O)CCCCCCCCCCCCCCCCCCCCCCCCCC. The first-order valence-electron chi connectivity index (χ1n) is 32.1. The Kier molecular flexibility index (Phi) is 59.4. The van der Waals surface area contributed by atoms with Gasteiger partial charge < -0.3 is 20.6 Å². The maximum absolute atomic E-state index is 12.6. The van der Waals surface area contributed by atoms with Crippen molar-refractivity contribution in [2.24, 2.45) is 0 Å². The quantitative estimate of drug-likeness (QED) is 0.0361. The highest BCUT2D eigenvalue weighted by molar-refractivity contribution is 5.80. The lowest BCUT2D eigenvalue weighted by atomic mass is 10.0. The highest BCUT2D eigenvalue weighted by Crippen LogP contribution is 2.19. The molecule has 0 bridgehead atoms. The van der Waals surface area contributed by atoms with Crippen LogP contribution in [0.1, 0.15) is 361 Å². The lowest BCUT2D eigenvalue weighted by molar-refractivity contribution is -0.131. The second-order valence-corrected chi connectivity index (χ2v) is 22.3. The van der Waals surface area contributed by atoms with Gasteiger partial charge in [-0.3, -0.25) is 4.79 Å². The Bertz CT molecular complexity index is 1040. The number of hydrogen-bond acceptors (Lipinski definition) is 4. The molecule has 0 saturated heterocycles. The van der Waals surface area contributed by atoms with E-state index in [-0.39, 0.29) is 6.61 Å². The highest BCUT2D eigenvalue weighted by atomic mass is 16.3. The van der Waals surface area contributed by atoms with Crippen LogP contribution in [-0.2, 0) is 4.79 Å². The van der Waals surface area contributed by atoms with E-state index in [0.717, 1.165) is 38.5 Å². The molecule has 5 heteroatoms. The van der Waals surface area contributed by atoms with Gasteiger partial charge in [0.1, 0.15) is 6.10 Å².